The Labute approximate surface area is 173 Å². The molecule has 2 aromatic carbocycles. The van der Waals surface area contributed by atoms with Gasteiger partial charge < -0.3 is 14.8 Å². The Bertz CT molecular complexity index is 983. The zero-order valence-electron chi connectivity index (χ0n) is 15.1. The number of terminal acetylenes is 1. The Kier molecular flexibility index (Phi) is 6.19. The van der Waals surface area contributed by atoms with Gasteiger partial charge in [0.1, 0.15) is 12.3 Å². The van der Waals surface area contributed by atoms with Gasteiger partial charge in [-0.25, -0.2) is 0 Å². The van der Waals surface area contributed by atoms with Crippen LogP contribution in [0.4, 0.5) is 0 Å². The number of nitrogens with zero attached hydrogens (tertiary/aromatic N) is 1. The average molecular weight is 413 g/mol. The Balaban J connectivity index is 1.85. The van der Waals surface area contributed by atoms with Crippen molar-refractivity contribution in [2.75, 3.05) is 13.7 Å². The number of ether oxygens (including phenoxy) is 2. The molecule has 0 spiro atoms. The van der Waals surface area contributed by atoms with Crippen molar-refractivity contribution in [1.82, 2.24) is 10.2 Å². The molecule has 1 aliphatic rings. The van der Waals surface area contributed by atoms with Gasteiger partial charge in [-0.2, -0.15) is 0 Å². The van der Waals surface area contributed by atoms with E-state index in [0.717, 1.165) is 5.56 Å². The summed E-state index contributed by atoms with van der Waals surface area (Å²) in [6.45, 7) is 0.463. The first-order valence-electron chi connectivity index (χ1n) is 8.35. The van der Waals surface area contributed by atoms with Crippen molar-refractivity contribution in [3.63, 3.8) is 0 Å². The molecular weight excluding hydrogens is 396 g/mol. The fraction of sp³-hybridized carbons (Fsp3) is 0.143. The van der Waals surface area contributed by atoms with E-state index >= 15 is 0 Å². The van der Waals surface area contributed by atoms with Crippen LogP contribution >= 0.6 is 23.8 Å². The maximum Gasteiger partial charge on any atom is 0.276 e. The number of hydrogen-bond donors (Lipinski definition) is 1. The van der Waals surface area contributed by atoms with E-state index in [4.69, 9.17) is 39.7 Å². The van der Waals surface area contributed by atoms with Crippen molar-refractivity contribution < 1.29 is 14.3 Å². The number of amides is 1. The highest BCUT2D eigenvalue weighted by Crippen LogP contribution is 2.37. The lowest BCUT2D eigenvalue weighted by Gasteiger charge is -2.13. The lowest BCUT2D eigenvalue weighted by Crippen LogP contribution is -2.29. The van der Waals surface area contributed by atoms with Gasteiger partial charge in [0.15, 0.2) is 16.6 Å². The number of benzene rings is 2. The minimum atomic E-state index is -0.211. The highest BCUT2D eigenvalue weighted by molar-refractivity contribution is 7.80. The summed E-state index contributed by atoms with van der Waals surface area (Å²) < 4.78 is 10.8. The minimum absolute atomic E-state index is 0.0687. The molecule has 0 atom stereocenters. The highest BCUT2D eigenvalue weighted by Gasteiger charge is 2.30. The smallest absolute Gasteiger partial charge is 0.276 e. The molecule has 2 aromatic rings. The molecule has 3 rings (SSSR count). The fourth-order valence-corrected chi connectivity index (χ4v) is 3.26. The van der Waals surface area contributed by atoms with Crippen LogP contribution in [0, 0.1) is 12.3 Å². The fourth-order valence-electron chi connectivity index (χ4n) is 2.72. The third-order valence-electron chi connectivity index (χ3n) is 4.01. The van der Waals surface area contributed by atoms with Gasteiger partial charge in [-0.1, -0.05) is 47.9 Å². The second kappa shape index (κ2) is 8.79. The van der Waals surface area contributed by atoms with Gasteiger partial charge in [-0.3, -0.25) is 9.69 Å². The van der Waals surface area contributed by atoms with Crippen LogP contribution in [-0.2, 0) is 11.3 Å². The van der Waals surface area contributed by atoms with Gasteiger partial charge in [0.05, 0.1) is 18.7 Å². The molecule has 0 aromatic heterocycles. The number of methoxy groups -OCH3 is 1. The number of rotatable bonds is 6. The molecule has 0 unspecified atom stereocenters. The first-order chi connectivity index (χ1) is 13.5. The Morgan fingerprint density at radius 1 is 1.32 bits per heavy atom. The molecule has 28 heavy (non-hydrogen) atoms. The number of carbonyl (C=O) groups is 1. The molecule has 7 heteroatoms. The van der Waals surface area contributed by atoms with E-state index in [2.05, 4.69) is 11.2 Å². The Morgan fingerprint density at radius 2 is 2.07 bits per heavy atom. The van der Waals surface area contributed by atoms with Crippen molar-refractivity contribution in [1.29, 1.82) is 0 Å². The number of nitrogens with one attached hydrogen (secondary N) is 1. The molecule has 142 valence electrons. The van der Waals surface area contributed by atoms with Crippen molar-refractivity contribution in [3.05, 3.63) is 64.3 Å². The molecular formula is C21H17ClN2O3S. The zero-order chi connectivity index (χ0) is 20.1. The molecule has 1 heterocycles. The maximum absolute atomic E-state index is 12.8. The molecule has 1 saturated heterocycles. The van der Waals surface area contributed by atoms with Crippen LogP contribution in [0.2, 0.25) is 5.02 Å². The topological polar surface area (TPSA) is 50.8 Å². The molecule has 1 fully saturated rings. The molecule has 1 amide bonds. The van der Waals surface area contributed by atoms with Crippen LogP contribution in [0.1, 0.15) is 11.1 Å². The molecule has 1 N–H and O–H groups in total. The van der Waals surface area contributed by atoms with E-state index < -0.39 is 0 Å². The second-order valence-corrected chi connectivity index (χ2v) is 6.69. The maximum atomic E-state index is 12.8. The number of halogens is 1. The van der Waals surface area contributed by atoms with Gasteiger partial charge >= 0.3 is 0 Å². The standard InChI is InChI=1S/C21H17ClN2O3S/c1-3-9-27-19-16(22)10-15(12-18(19)26-2)11-17-20(25)24(21(28)23-17)13-14-7-5-4-6-8-14/h1,4-8,10-12H,9,13H2,2H3,(H,23,28). The summed E-state index contributed by atoms with van der Waals surface area (Å²) in [5.41, 5.74) is 2.01. The van der Waals surface area contributed by atoms with E-state index in [9.17, 15) is 4.79 Å². The van der Waals surface area contributed by atoms with Crippen LogP contribution in [0.5, 0.6) is 11.5 Å². The molecule has 5 nitrogen and oxygen atoms in total. The van der Waals surface area contributed by atoms with Gasteiger partial charge in [0.2, 0.25) is 0 Å². The summed E-state index contributed by atoms with van der Waals surface area (Å²) >= 11 is 11.6. The highest BCUT2D eigenvalue weighted by atomic mass is 35.5. The summed E-state index contributed by atoms with van der Waals surface area (Å²) in [7, 11) is 1.50. The third-order valence-corrected chi connectivity index (χ3v) is 4.61. The monoisotopic (exact) mass is 412 g/mol. The van der Waals surface area contributed by atoms with Gasteiger partial charge in [-0.05, 0) is 41.6 Å². The summed E-state index contributed by atoms with van der Waals surface area (Å²) in [5.74, 6) is 2.95. The Hall–Kier alpha value is -3.01. The van der Waals surface area contributed by atoms with Crippen LogP contribution < -0.4 is 14.8 Å². The summed E-state index contributed by atoms with van der Waals surface area (Å²) in [5, 5.41) is 3.64. The minimum Gasteiger partial charge on any atom is -0.493 e. The normalized spacial score (nSPS) is 14.8. The number of carbonyl (C=O) groups excluding carboxylic acids is 1. The van der Waals surface area contributed by atoms with E-state index in [-0.39, 0.29) is 12.5 Å². The average Bonchev–Trinajstić information content (AvgIpc) is 2.95. The summed E-state index contributed by atoms with van der Waals surface area (Å²) in [4.78, 5) is 14.3. The lowest BCUT2D eigenvalue weighted by atomic mass is 10.1. The van der Waals surface area contributed by atoms with Crippen LogP contribution in [0.3, 0.4) is 0 Å². The van der Waals surface area contributed by atoms with E-state index in [1.807, 2.05) is 30.3 Å². The van der Waals surface area contributed by atoms with E-state index in [1.165, 1.54) is 12.0 Å². The van der Waals surface area contributed by atoms with Gasteiger partial charge in [0.25, 0.3) is 5.91 Å². The molecule has 0 aliphatic carbocycles. The molecule has 1 aliphatic heterocycles. The Morgan fingerprint density at radius 3 is 2.75 bits per heavy atom. The largest absolute Gasteiger partial charge is 0.493 e. The van der Waals surface area contributed by atoms with Crippen LogP contribution in [0.25, 0.3) is 6.08 Å². The van der Waals surface area contributed by atoms with Crippen LogP contribution in [-0.4, -0.2) is 29.6 Å². The lowest BCUT2D eigenvalue weighted by molar-refractivity contribution is -0.122. The zero-order valence-corrected chi connectivity index (χ0v) is 16.6. The number of hydrogen-bond acceptors (Lipinski definition) is 4. The predicted octanol–water partition coefficient (Wildman–Crippen LogP) is 3.62. The molecule has 0 saturated carbocycles. The first-order valence-corrected chi connectivity index (χ1v) is 9.14. The second-order valence-electron chi connectivity index (χ2n) is 5.89. The van der Waals surface area contributed by atoms with Crippen LogP contribution in [0.15, 0.2) is 48.2 Å². The summed E-state index contributed by atoms with van der Waals surface area (Å²) in [6, 6.07) is 13.0. The predicted molar refractivity (Wildman–Crippen MR) is 113 cm³/mol. The van der Waals surface area contributed by atoms with Crippen molar-refractivity contribution in [2.24, 2.45) is 0 Å². The van der Waals surface area contributed by atoms with E-state index in [0.29, 0.717) is 39.4 Å². The quantitative estimate of drug-likeness (QED) is 0.446. The van der Waals surface area contributed by atoms with Crippen molar-refractivity contribution in [2.45, 2.75) is 6.54 Å². The van der Waals surface area contributed by atoms with Crippen molar-refractivity contribution >= 4 is 40.9 Å². The SMILES string of the molecule is C#CCOc1c(Cl)cc(C=C2NC(=S)N(Cc3ccccc3)C2=O)cc1OC. The number of thiocarbonyl (C=S) groups is 1. The summed E-state index contributed by atoms with van der Waals surface area (Å²) in [6.07, 6.45) is 6.89. The third kappa shape index (κ3) is 4.28. The van der Waals surface area contributed by atoms with Gasteiger partial charge in [0, 0.05) is 0 Å². The van der Waals surface area contributed by atoms with E-state index in [1.54, 1.807) is 18.2 Å². The first kappa shape index (κ1) is 19.7. The molecule has 0 radical (unpaired) electrons. The van der Waals surface area contributed by atoms with Gasteiger partial charge in [-0.15, -0.1) is 6.42 Å². The molecule has 0 bridgehead atoms. The van der Waals surface area contributed by atoms with Crippen molar-refractivity contribution in [3.8, 4) is 23.8 Å².